The molecule has 0 saturated heterocycles. The van der Waals surface area contributed by atoms with Crippen molar-refractivity contribution in [2.24, 2.45) is 5.84 Å². The van der Waals surface area contributed by atoms with Crippen LogP contribution in [-0.2, 0) is 6.54 Å². The van der Waals surface area contributed by atoms with Crippen molar-refractivity contribution < 1.29 is 0 Å². The van der Waals surface area contributed by atoms with Crippen molar-refractivity contribution >= 4 is 5.95 Å². The summed E-state index contributed by atoms with van der Waals surface area (Å²) in [6, 6.07) is 7.74. The number of anilines is 1. The number of aryl methyl sites for hydroxylation is 1. The van der Waals surface area contributed by atoms with E-state index in [1.54, 1.807) is 0 Å². The Morgan fingerprint density at radius 3 is 2.32 bits per heavy atom. The maximum Gasteiger partial charge on any atom is 0.352 e. The molecule has 25 heavy (non-hydrogen) atoms. The van der Waals surface area contributed by atoms with Gasteiger partial charge in [0.15, 0.2) is 0 Å². The van der Waals surface area contributed by atoms with E-state index in [9.17, 15) is 4.79 Å². The second-order valence-electron chi connectivity index (χ2n) is 5.85. The van der Waals surface area contributed by atoms with Crippen molar-refractivity contribution in [3.63, 3.8) is 0 Å². The molecule has 1 aromatic carbocycles. The molecule has 0 fully saturated rings. The molecule has 128 valence electrons. The number of rotatable bonds is 3. The van der Waals surface area contributed by atoms with Gasteiger partial charge in [-0.15, -0.1) is 0 Å². The lowest BCUT2D eigenvalue weighted by molar-refractivity contribution is 0.686. The standard InChI is InChI=1S/C12H15N5O.C7H6/c1-3-17-10(9-7-5-4-6-8(9)2)14-11(16-13)15-12(17)18;1-2-7-4-3-6(1)5-7/h4-7H,3,13H2,1-2H3,(H,15,16,18);1-4H,5H2. The van der Waals surface area contributed by atoms with Gasteiger partial charge in [-0.2, -0.15) is 9.97 Å². The average Bonchev–Trinajstić information content (AvgIpc) is 3.28. The van der Waals surface area contributed by atoms with Crippen LogP contribution in [0.5, 0.6) is 0 Å². The molecule has 2 bridgehead atoms. The van der Waals surface area contributed by atoms with Gasteiger partial charge in [-0.05, 0) is 37.0 Å². The Kier molecular flexibility index (Phi) is 4.90. The summed E-state index contributed by atoms with van der Waals surface area (Å²) < 4.78 is 1.52. The van der Waals surface area contributed by atoms with Crippen molar-refractivity contribution in [1.29, 1.82) is 0 Å². The zero-order valence-electron chi connectivity index (χ0n) is 14.4. The number of hydrogen-bond donors (Lipinski definition) is 2. The molecule has 2 aliphatic carbocycles. The van der Waals surface area contributed by atoms with Gasteiger partial charge in [0, 0.05) is 12.1 Å². The number of hydrazine groups is 1. The van der Waals surface area contributed by atoms with E-state index in [2.05, 4.69) is 39.7 Å². The number of fused-ring (bicyclic) bond motifs is 2. The summed E-state index contributed by atoms with van der Waals surface area (Å²) in [5.74, 6) is 5.97. The van der Waals surface area contributed by atoms with Gasteiger partial charge in [-0.3, -0.25) is 9.99 Å². The summed E-state index contributed by atoms with van der Waals surface area (Å²) in [4.78, 5) is 19.9. The Hall–Kier alpha value is -2.99. The van der Waals surface area contributed by atoms with Crippen molar-refractivity contribution in [3.8, 4) is 11.4 Å². The van der Waals surface area contributed by atoms with Gasteiger partial charge < -0.3 is 0 Å². The van der Waals surface area contributed by atoms with E-state index in [0.717, 1.165) is 11.1 Å². The molecule has 2 aliphatic rings. The van der Waals surface area contributed by atoms with Crippen LogP contribution in [0.3, 0.4) is 0 Å². The molecule has 0 amide bonds. The van der Waals surface area contributed by atoms with Crippen molar-refractivity contribution in [3.05, 3.63) is 75.8 Å². The van der Waals surface area contributed by atoms with Crippen LogP contribution in [0.4, 0.5) is 5.95 Å². The second-order valence-corrected chi connectivity index (χ2v) is 5.85. The highest BCUT2D eigenvalue weighted by molar-refractivity contribution is 5.61. The van der Waals surface area contributed by atoms with Gasteiger partial charge in [0.2, 0.25) is 5.95 Å². The molecule has 6 heteroatoms. The monoisotopic (exact) mass is 335 g/mol. The number of nitrogens with one attached hydrogen (secondary N) is 1. The SMILES string of the molecule is C1=CC2=CC=C1C2.CCn1c(-c2ccccc2C)nc(NN)nc1=O. The Morgan fingerprint density at radius 1 is 1.16 bits per heavy atom. The lowest BCUT2D eigenvalue weighted by Gasteiger charge is -2.12. The highest BCUT2D eigenvalue weighted by Crippen LogP contribution is 2.27. The Balaban J connectivity index is 0.000000213. The molecule has 2 aromatic rings. The number of aromatic nitrogens is 3. The molecule has 0 aliphatic heterocycles. The number of nitrogens with zero attached hydrogens (tertiary/aromatic N) is 3. The van der Waals surface area contributed by atoms with Crippen LogP contribution in [0.2, 0.25) is 0 Å². The van der Waals surface area contributed by atoms with E-state index in [0.29, 0.717) is 12.4 Å². The summed E-state index contributed by atoms with van der Waals surface area (Å²) in [6.45, 7) is 4.35. The molecule has 1 aromatic heterocycles. The van der Waals surface area contributed by atoms with Gasteiger partial charge in [-0.1, -0.05) is 48.6 Å². The van der Waals surface area contributed by atoms with Crippen LogP contribution in [0, 0.1) is 6.92 Å². The molecule has 3 N–H and O–H groups in total. The lowest BCUT2D eigenvalue weighted by atomic mass is 10.1. The van der Waals surface area contributed by atoms with E-state index in [1.807, 2.05) is 38.1 Å². The van der Waals surface area contributed by atoms with Crippen LogP contribution >= 0.6 is 0 Å². The van der Waals surface area contributed by atoms with Crippen molar-refractivity contribution in [2.75, 3.05) is 5.43 Å². The molecule has 4 rings (SSSR count). The van der Waals surface area contributed by atoms with Crippen LogP contribution in [0.25, 0.3) is 11.4 Å². The molecular weight excluding hydrogens is 314 g/mol. The van der Waals surface area contributed by atoms with Crippen LogP contribution in [-0.4, -0.2) is 14.5 Å². The summed E-state index contributed by atoms with van der Waals surface area (Å²) in [5, 5.41) is 0. The van der Waals surface area contributed by atoms with E-state index >= 15 is 0 Å². The molecule has 0 atom stereocenters. The minimum Gasteiger partial charge on any atom is -0.292 e. The van der Waals surface area contributed by atoms with E-state index < -0.39 is 0 Å². The van der Waals surface area contributed by atoms with Gasteiger partial charge in [0.05, 0.1) is 0 Å². The van der Waals surface area contributed by atoms with Crippen molar-refractivity contribution in [1.82, 2.24) is 14.5 Å². The number of benzene rings is 1. The highest BCUT2D eigenvalue weighted by Gasteiger charge is 2.12. The molecule has 0 unspecified atom stereocenters. The van der Waals surface area contributed by atoms with Gasteiger partial charge >= 0.3 is 5.69 Å². The van der Waals surface area contributed by atoms with Crippen LogP contribution in [0.1, 0.15) is 18.9 Å². The average molecular weight is 335 g/mol. The first kappa shape index (κ1) is 16.9. The largest absolute Gasteiger partial charge is 0.352 e. The van der Waals surface area contributed by atoms with Crippen LogP contribution in [0.15, 0.2) is 64.5 Å². The summed E-state index contributed by atoms with van der Waals surface area (Å²) in [7, 11) is 0. The Morgan fingerprint density at radius 2 is 1.84 bits per heavy atom. The Bertz CT molecular complexity index is 917. The smallest absolute Gasteiger partial charge is 0.292 e. The molecule has 0 saturated carbocycles. The van der Waals surface area contributed by atoms with E-state index in [-0.39, 0.29) is 11.6 Å². The normalized spacial score (nSPS) is 13.9. The first-order chi connectivity index (χ1) is 12.1. The van der Waals surface area contributed by atoms with Gasteiger partial charge in [0.25, 0.3) is 0 Å². The minimum atomic E-state index is -0.362. The maximum absolute atomic E-state index is 11.9. The number of allylic oxidation sites excluding steroid dienone is 6. The second kappa shape index (κ2) is 7.27. The topological polar surface area (TPSA) is 85.8 Å². The maximum atomic E-state index is 11.9. The predicted molar refractivity (Wildman–Crippen MR) is 99.9 cm³/mol. The summed E-state index contributed by atoms with van der Waals surface area (Å²) in [6.07, 6.45) is 9.90. The third-order valence-corrected chi connectivity index (χ3v) is 4.16. The van der Waals surface area contributed by atoms with E-state index in [1.165, 1.54) is 22.1 Å². The first-order valence-corrected chi connectivity index (χ1v) is 8.21. The fourth-order valence-electron chi connectivity index (χ4n) is 2.82. The number of nitrogen functional groups attached to an aromatic ring is 1. The zero-order chi connectivity index (χ0) is 17.8. The molecular formula is C19H21N5O. The zero-order valence-corrected chi connectivity index (χ0v) is 14.4. The predicted octanol–water partition coefficient (Wildman–Crippen LogP) is 2.73. The van der Waals surface area contributed by atoms with Crippen LogP contribution < -0.4 is 17.0 Å². The molecule has 6 nitrogen and oxygen atoms in total. The fraction of sp³-hybridized carbons (Fsp3) is 0.211. The van der Waals surface area contributed by atoms with Crippen molar-refractivity contribution in [2.45, 2.75) is 26.8 Å². The Labute approximate surface area is 146 Å². The lowest BCUT2D eigenvalue weighted by Crippen LogP contribution is -2.28. The van der Waals surface area contributed by atoms with Gasteiger partial charge in [-0.25, -0.2) is 10.6 Å². The number of nitrogens with two attached hydrogens (primary N) is 1. The first-order valence-electron chi connectivity index (χ1n) is 8.21. The summed E-state index contributed by atoms with van der Waals surface area (Å²) in [5.41, 5.74) is 6.83. The number of hydrogen-bond acceptors (Lipinski definition) is 5. The fourth-order valence-corrected chi connectivity index (χ4v) is 2.82. The van der Waals surface area contributed by atoms with Gasteiger partial charge in [0.1, 0.15) is 5.82 Å². The quantitative estimate of drug-likeness (QED) is 0.665. The third kappa shape index (κ3) is 3.59. The highest BCUT2D eigenvalue weighted by atomic mass is 16.1. The van der Waals surface area contributed by atoms with E-state index in [4.69, 9.17) is 5.84 Å². The third-order valence-electron chi connectivity index (χ3n) is 4.16. The minimum absolute atomic E-state index is 0.128. The molecule has 0 radical (unpaired) electrons. The molecule has 1 heterocycles. The molecule has 0 spiro atoms. The summed E-state index contributed by atoms with van der Waals surface area (Å²) >= 11 is 0.